The van der Waals surface area contributed by atoms with E-state index in [4.69, 9.17) is 14.6 Å². The Morgan fingerprint density at radius 1 is 1.42 bits per heavy atom. The Morgan fingerprint density at radius 2 is 2.21 bits per heavy atom. The van der Waals surface area contributed by atoms with Crippen molar-refractivity contribution in [3.05, 3.63) is 36.0 Å². The summed E-state index contributed by atoms with van der Waals surface area (Å²) < 4.78 is 10.8. The van der Waals surface area contributed by atoms with Crippen molar-refractivity contribution < 1.29 is 19.4 Å². The van der Waals surface area contributed by atoms with E-state index in [0.717, 1.165) is 5.56 Å². The third-order valence-corrected chi connectivity index (χ3v) is 2.87. The molecule has 1 aliphatic rings. The van der Waals surface area contributed by atoms with Crippen molar-refractivity contribution in [2.75, 3.05) is 13.2 Å². The van der Waals surface area contributed by atoms with E-state index in [-0.39, 0.29) is 11.8 Å². The fourth-order valence-corrected chi connectivity index (χ4v) is 1.81. The topological polar surface area (TPSA) is 84.4 Å². The van der Waals surface area contributed by atoms with Crippen LogP contribution in [0.3, 0.4) is 0 Å². The van der Waals surface area contributed by atoms with Gasteiger partial charge < -0.3 is 14.6 Å². The summed E-state index contributed by atoms with van der Waals surface area (Å²) in [4.78, 5) is 10.8. The quantitative estimate of drug-likeness (QED) is 0.871. The molecule has 0 bridgehead atoms. The van der Waals surface area contributed by atoms with Gasteiger partial charge >= 0.3 is 5.97 Å². The molecule has 98 valence electrons. The zero-order valence-electron chi connectivity index (χ0n) is 10.00. The fraction of sp³-hybridized carbons (Fsp3) is 0.231. The van der Waals surface area contributed by atoms with Gasteiger partial charge in [0.25, 0.3) is 0 Å². The zero-order valence-corrected chi connectivity index (χ0v) is 10.00. The van der Waals surface area contributed by atoms with Gasteiger partial charge in [-0.25, -0.2) is 4.79 Å². The van der Waals surface area contributed by atoms with Gasteiger partial charge in [0.15, 0.2) is 0 Å². The molecule has 1 aliphatic heterocycles. The molecule has 2 heterocycles. The number of benzene rings is 1. The molecule has 2 N–H and O–H groups in total. The smallest absolute Gasteiger partial charge is 0.353 e. The second-order valence-corrected chi connectivity index (χ2v) is 4.25. The number of para-hydroxylation sites is 1. The Morgan fingerprint density at radius 3 is 2.84 bits per heavy atom. The first-order chi connectivity index (χ1) is 9.24. The number of hydrogen-bond donors (Lipinski definition) is 2. The van der Waals surface area contributed by atoms with Crippen LogP contribution in [0.25, 0.3) is 11.3 Å². The number of rotatable bonds is 4. The maximum absolute atomic E-state index is 10.8. The van der Waals surface area contributed by atoms with Crippen molar-refractivity contribution in [2.45, 2.75) is 6.10 Å². The van der Waals surface area contributed by atoms with Gasteiger partial charge in [-0.2, -0.15) is 5.10 Å². The maximum atomic E-state index is 10.8. The van der Waals surface area contributed by atoms with Crippen molar-refractivity contribution in [1.82, 2.24) is 10.2 Å². The second-order valence-electron chi connectivity index (χ2n) is 4.25. The lowest BCUT2D eigenvalue weighted by atomic mass is 10.1. The normalized spacial score (nSPS) is 14.9. The number of carboxylic acids is 1. The Bertz CT molecular complexity index is 604. The third kappa shape index (κ3) is 2.30. The molecule has 3 rings (SSSR count). The SMILES string of the molecule is O=C(O)c1cc(-c2ccccc2OC2COC2)n[nH]1. The lowest BCUT2D eigenvalue weighted by Gasteiger charge is -2.27. The number of carbonyl (C=O) groups is 1. The Kier molecular flexibility index (Phi) is 2.92. The van der Waals surface area contributed by atoms with Crippen LogP contribution in [-0.2, 0) is 4.74 Å². The molecular weight excluding hydrogens is 248 g/mol. The summed E-state index contributed by atoms with van der Waals surface area (Å²) in [6.07, 6.45) is 0.0547. The summed E-state index contributed by atoms with van der Waals surface area (Å²) in [7, 11) is 0. The van der Waals surface area contributed by atoms with E-state index in [1.165, 1.54) is 6.07 Å². The molecule has 0 spiro atoms. The number of nitrogens with zero attached hydrogens (tertiary/aromatic N) is 1. The molecule has 0 radical (unpaired) electrons. The molecule has 1 fully saturated rings. The van der Waals surface area contributed by atoms with Gasteiger partial charge in [0, 0.05) is 5.56 Å². The van der Waals surface area contributed by atoms with E-state index in [2.05, 4.69) is 10.2 Å². The first-order valence-electron chi connectivity index (χ1n) is 5.86. The lowest BCUT2D eigenvalue weighted by Crippen LogP contribution is -2.38. The molecule has 0 atom stereocenters. The van der Waals surface area contributed by atoms with Crippen molar-refractivity contribution in [1.29, 1.82) is 0 Å². The van der Waals surface area contributed by atoms with Gasteiger partial charge in [0.2, 0.25) is 0 Å². The molecule has 0 aliphatic carbocycles. The van der Waals surface area contributed by atoms with Gasteiger partial charge in [-0.05, 0) is 18.2 Å². The molecule has 2 aromatic rings. The number of aromatic nitrogens is 2. The summed E-state index contributed by atoms with van der Waals surface area (Å²) >= 11 is 0. The molecule has 6 nitrogen and oxygen atoms in total. The summed E-state index contributed by atoms with van der Waals surface area (Å²) in [6.45, 7) is 1.16. The van der Waals surface area contributed by atoms with Crippen molar-refractivity contribution in [3.63, 3.8) is 0 Å². The largest absolute Gasteiger partial charge is 0.485 e. The predicted molar refractivity (Wildman–Crippen MR) is 66.2 cm³/mol. The van der Waals surface area contributed by atoms with Crippen LogP contribution >= 0.6 is 0 Å². The molecule has 6 heteroatoms. The van der Waals surface area contributed by atoms with Gasteiger partial charge in [-0.3, -0.25) is 5.10 Å². The van der Waals surface area contributed by atoms with Gasteiger partial charge in [0.05, 0.1) is 18.9 Å². The Balaban J connectivity index is 1.91. The van der Waals surface area contributed by atoms with Crippen LogP contribution in [0.5, 0.6) is 5.75 Å². The number of nitrogens with one attached hydrogen (secondary N) is 1. The highest BCUT2D eigenvalue weighted by Crippen LogP contribution is 2.30. The zero-order chi connectivity index (χ0) is 13.2. The number of hydrogen-bond acceptors (Lipinski definition) is 4. The first kappa shape index (κ1) is 11.7. The second kappa shape index (κ2) is 4.74. The van der Waals surface area contributed by atoms with Crippen LogP contribution in [0.2, 0.25) is 0 Å². The summed E-state index contributed by atoms with van der Waals surface area (Å²) in [5.41, 5.74) is 1.36. The first-order valence-corrected chi connectivity index (χ1v) is 5.86. The Labute approximate surface area is 109 Å². The minimum atomic E-state index is -1.04. The lowest BCUT2D eigenvalue weighted by molar-refractivity contribution is -0.0794. The minimum absolute atomic E-state index is 0.0526. The number of aromatic amines is 1. The van der Waals surface area contributed by atoms with E-state index in [1.54, 1.807) is 0 Å². The highest BCUT2D eigenvalue weighted by molar-refractivity contribution is 5.87. The molecule has 1 aromatic carbocycles. The van der Waals surface area contributed by atoms with E-state index in [1.807, 2.05) is 24.3 Å². The van der Waals surface area contributed by atoms with E-state index < -0.39 is 5.97 Å². The standard InChI is InChI=1S/C13H12N2O4/c16-13(17)11-5-10(14-15-11)9-3-1-2-4-12(9)19-8-6-18-7-8/h1-5,8H,6-7H2,(H,14,15)(H,16,17). The molecule has 1 aromatic heterocycles. The minimum Gasteiger partial charge on any atom is -0.485 e. The maximum Gasteiger partial charge on any atom is 0.353 e. The van der Waals surface area contributed by atoms with Crippen LogP contribution in [0.4, 0.5) is 0 Å². The number of carboxylic acid groups (broad SMARTS) is 1. The summed E-state index contributed by atoms with van der Waals surface area (Å²) in [6, 6.07) is 8.89. The van der Waals surface area contributed by atoms with E-state index in [0.29, 0.717) is 24.7 Å². The Hall–Kier alpha value is -2.34. The highest BCUT2D eigenvalue weighted by atomic mass is 16.6. The van der Waals surface area contributed by atoms with Crippen LogP contribution < -0.4 is 4.74 Å². The highest BCUT2D eigenvalue weighted by Gasteiger charge is 2.22. The molecule has 0 saturated carbocycles. The van der Waals surface area contributed by atoms with Crippen LogP contribution in [0.15, 0.2) is 30.3 Å². The summed E-state index contributed by atoms with van der Waals surface area (Å²) in [5, 5.41) is 15.4. The van der Waals surface area contributed by atoms with Crippen molar-refractivity contribution in [2.24, 2.45) is 0 Å². The van der Waals surface area contributed by atoms with E-state index >= 15 is 0 Å². The van der Waals surface area contributed by atoms with Crippen LogP contribution in [0.1, 0.15) is 10.5 Å². The van der Waals surface area contributed by atoms with Gasteiger partial charge in [-0.1, -0.05) is 12.1 Å². The van der Waals surface area contributed by atoms with Crippen molar-refractivity contribution in [3.8, 4) is 17.0 Å². The third-order valence-electron chi connectivity index (χ3n) is 2.87. The fourth-order valence-electron chi connectivity index (χ4n) is 1.81. The molecule has 0 unspecified atom stereocenters. The number of aromatic carboxylic acids is 1. The molecule has 19 heavy (non-hydrogen) atoms. The van der Waals surface area contributed by atoms with Crippen LogP contribution in [-0.4, -0.2) is 40.6 Å². The monoisotopic (exact) mass is 260 g/mol. The number of ether oxygens (including phenoxy) is 2. The average molecular weight is 260 g/mol. The molecule has 0 amide bonds. The van der Waals surface area contributed by atoms with E-state index in [9.17, 15) is 4.79 Å². The van der Waals surface area contributed by atoms with Crippen LogP contribution in [0, 0.1) is 0 Å². The number of H-pyrrole nitrogens is 1. The molecular formula is C13H12N2O4. The average Bonchev–Trinajstić information content (AvgIpc) is 2.84. The predicted octanol–water partition coefficient (Wildman–Crippen LogP) is 1.55. The van der Waals surface area contributed by atoms with Crippen molar-refractivity contribution >= 4 is 5.97 Å². The molecule has 1 saturated heterocycles. The van der Waals surface area contributed by atoms with Gasteiger partial charge in [-0.15, -0.1) is 0 Å². The summed E-state index contributed by atoms with van der Waals surface area (Å²) in [5.74, 6) is -0.358. The van der Waals surface area contributed by atoms with Gasteiger partial charge in [0.1, 0.15) is 17.5 Å².